The molecule has 0 aliphatic rings. The van der Waals surface area contributed by atoms with Gasteiger partial charge in [-0.1, -0.05) is 17.3 Å². The van der Waals surface area contributed by atoms with Gasteiger partial charge in [-0.15, -0.1) is 0 Å². The van der Waals surface area contributed by atoms with Gasteiger partial charge in [0.1, 0.15) is 5.84 Å². The van der Waals surface area contributed by atoms with Gasteiger partial charge in [0.05, 0.1) is 6.61 Å². The summed E-state index contributed by atoms with van der Waals surface area (Å²) in [5, 5.41) is 11.3. The van der Waals surface area contributed by atoms with Crippen molar-refractivity contribution in [3.8, 4) is 0 Å². The average Bonchev–Trinajstić information content (AvgIpc) is 2.40. The number of nitrogens with one attached hydrogen (secondary N) is 2. The van der Waals surface area contributed by atoms with Crippen molar-refractivity contribution in [1.82, 2.24) is 4.72 Å². The normalized spacial score (nSPS) is 12.3. The van der Waals surface area contributed by atoms with Crippen LogP contribution in [-0.4, -0.2) is 39.7 Å². The smallest absolute Gasteiger partial charge is 0.299 e. The number of amidine groups is 1. The Labute approximate surface area is 117 Å². The van der Waals surface area contributed by atoms with Gasteiger partial charge in [-0.25, -0.2) is 0 Å². The number of methoxy groups -OCH3 is 1. The molecular formula is C11H18N4O4S. The van der Waals surface area contributed by atoms with Crippen molar-refractivity contribution in [2.45, 2.75) is 6.42 Å². The zero-order valence-electron chi connectivity index (χ0n) is 11.0. The van der Waals surface area contributed by atoms with Gasteiger partial charge in [-0.2, -0.15) is 13.1 Å². The first kappa shape index (κ1) is 16.2. The standard InChI is InChI=1S/C11H18N4O4S/c1-19-7-6-13-20(17,18)15-10-4-2-9(3-5-10)8-11(12)14-16/h2-5,13,15-16H,6-8H2,1H3,(H2,12,14). The first-order chi connectivity index (χ1) is 9.46. The molecule has 1 aromatic carbocycles. The minimum Gasteiger partial charge on any atom is -0.409 e. The Hall–Kier alpha value is -1.84. The molecule has 0 bridgehead atoms. The van der Waals surface area contributed by atoms with Gasteiger partial charge in [0.2, 0.25) is 0 Å². The van der Waals surface area contributed by atoms with E-state index in [4.69, 9.17) is 15.7 Å². The lowest BCUT2D eigenvalue weighted by Crippen LogP contribution is -2.32. The maximum atomic E-state index is 11.6. The highest BCUT2D eigenvalue weighted by atomic mass is 32.2. The largest absolute Gasteiger partial charge is 0.409 e. The van der Waals surface area contributed by atoms with Crippen LogP contribution < -0.4 is 15.2 Å². The van der Waals surface area contributed by atoms with Crippen LogP contribution in [0, 0.1) is 0 Å². The molecule has 0 atom stereocenters. The summed E-state index contributed by atoms with van der Waals surface area (Å²) in [7, 11) is -2.13. The monoisotopic (exact) mass is 302 g/mol. The maximum Gasteiger partial charge on any atom is 0.299 e. The highest BCUT2D eigenvalue weighted by molar-refractivity contribution is 7.90. The van der Waals surface area contributed by atoms with Gasteiger partial charge >= 0.3 is 0 Å². The summed E-state index contributed by atoms with van der Waals surface area (Å²) in [6.07, 6.45) is 0.287. The van der Waals surface area contributed by atoms with Gasteiger partial charge in [0.25, 0.3) is 10.2 Å². The highest BCUT2D eigenvalue weighted by Gasteiger charge is 2.08. The molecule has 0 saturated carbocycles. The third kappa shape index (κ3) is 5.87. The van der Waals surface area contributed by atoms with E-state index in [0.29, 0.717) is 12.3 Å². The number of nitrogens with zero attached hydrogens (tertiary/aromatic N) is 1. The lowest BCUT2D eigenvalue weighted by molar-refractivity contribution is 0.204. The van der Waals surface area contributed by atoms with E-state index in [1.165, 1.54) is 7.11 Å². The fourth-order valence-corrected chi connectivity index (χ4v) is 2.28. The minimum absolute atomic E-state index is 0.0829. The van der Waals surface area contributed by atoms with Crippen molar-refractivity contribution in [3.05, 3.63) is 29.8 Å². The van der Waals surface area contributed by atoms with E-state index in [1.807, 2.05) is 0 Å². The number of benzene rings is 1. The third-order valence-corrected chi connectivity index (χ3v) is 3.41. The molecule has 0 amide bonds. The maximum absolute atomic E-state index is 11.6. The molecule has 1 rings (SSSR count). The van der Waals surface area contributed by atoms with Crippen LogP contribution >= 0.6 is 0 Å². The van der Waals surface area contributed by atoms with Gasteiger partial charge in [-0.05, 0) is 17.7 Å². The topological polar surface area (TPSA) is 126 Å². The molecule has 8 nitrogen and oxygen atoms in total. The van der Waals surface area contributed by atoms with Gasteiger partial charge in [0.15, 0.2) is 0 Å². The number of oxime groups is 1. The molecule has 0 spiro atoms. The summed E-state index contributed by atoms with van der Waals surface area (Å²) in [6, 6.07) is 6.56. The summed E-state index contributed by atoms with van der Waals surface area (Å²) in [5.41, 5.74) is 6.60. The Morgan fingerprint density at radius 2 is 2.05 bits per heavy atom. The molecule has 0 unspecified atom stereocenters. The van der Waals surface area contributed by atoms with Crippen LogP contribution in [0.3, 0.4) is 0 Å². The number of rotatable bonds is 8. The predicted molar refractivity (Wildman–Crippen MR) is 76.0 cm³/mol. The predicted octanol–water partition coefficient (Wildman–Crippen LogP) is -0.132. The van der Waals surface area contributed by atoms with Crippen LogP contribution in [-0.2, 0) is 21.4 Å². The van der Waals surface area contributed by atoms with Gasteiger partial charge in [0, 0.05) is 25.8 Å². The van der Waals surface area contributed by atoms with Crippen LogP contribution in [0.5, 0.6) is 0 Å². The van der Waals surface area contributed by atoms with Crippen molar-refractivity contribution in [1.29, 1.82) is 0 Å². The van der Waals surface area contributed by atoms with E-state index in [2.05, 4.69) is 14.6 Å². The highest BCUT2D eigenvalue weighted by Crippen LogP contribution is 2.11. The minimum atomic E-state index is -3.62. The van der Waals surface area contributed by atoms with E-state index in [-0.39, 0.29) is 18.8 Å². The Morgan fingerprint density at radius 1 is 1.40 bits per heavy atom. The van der Waals surface area contributed by atoms with E-state index in [9.17, 15) is 8.42 Å². The zero-order chi connectivity index (χ0) is 15.0. The summed E-state index contributed by atoms with van der Waals surface area (Å²) in [6.45, 7) is 0.479. The second-order valence-corrected chi connectivity index (χ2v) is 5.46. The van der Waals surface area contributed by atoms with Crippen molar-refractivity contribution in [3.63, 3.8) is 0 Å². The molecule has 112 valence electrons. The molecule has 0 heterocycles. The molecule has 1 aromatic rings. The first-order valence-electron chi connectivity index (χ1n) is 5.78. The van der Waals surface area contributed by atoms with Gasteiger partial charge < -0.3 is 15.7 Å². The third-order valence-electron chi connectivity index (χ3n) is 2.32. The van der Waals surface area contributed by atoms with Crippen LogP contribution in [0.2, 0.25) is 0 Å². The van der Waals surface area contributed by atoms with Crippen LogP contribution in [0.25, 0.3) is 0 Å². The fraction of sp³-hybridized carbons (Fsp3) is 0.364. The molecule has 0 aliphatic carbocycles. The first-order valence-corrected chi connectivity index (χ1v) is 7.27. The Balaban J connectivity index is 2.60. The van der Waals surface area contributed by atoms with Crippen molar-refractivity contribution in [2.24, 2.45) is 10.9 Å². The molecular weight excluding hydrogens is 284 g/mol. The molecule has 5 N–H and O–H groups in total. The van der Waals surface area contributed by atoms with Crippen molar-refractivity contribution < 1.29 is 18.4 Å². The second kappa shape index (κ2) is 7.68. The quantitative estimate of drug-likeness (QED) is 0.175. The average molecular weight is 302 g/mol. The van der Waals surface area contributed by atoms with Gasteiger partial charge in [-0.3, -0.25) is 4.72 Å². The number of ether oxygens (including phenoxy) is 1. The van der Waals surface area contributed by atoms with Crippen LogP contribution in [0.1, 0.15) is 5.56 Å². The fourth-order valence-electron chi connectivity index (χ4n) is 1.40. The molecule has 9 heteroatoms. The van der Waals surface area contributed by atoms with E-state index in [1.54, 1.807) is 24.3 Å². The van der Waals surface area contributed by atoms with E-state index >= 15 is 0 Å². The molecule has 0 fully saturated rings. The molecule has 0 saturated heterocycles. The summed E-state index contributed by atoms with van der Waals surface area (Å²) >= 11 is 0. The van der Waals surface area contributed by atoms with Crippen LogP contribution in [0.15, 0.2) is 29.4 Å². The van der Waals surface area contributed by atoms with E-state index in [0.717, 1.165) is 5.56 Å². The Bertz CT molecular complexity index is 542. The Morgan fingerprint density at radius 3 is 2.60 bits per heavy atom. The summed E-state index contributed by atoms with van der Waals surface area (Å²) in [4.78, 5) is 0. The molecule has 20 heavy (non-hydrogen) atoms. The molecule has 0 radical (unpaired) electrons. The SMILES string of the molecule is COCCNS(=O)(=O)Nc1ccc(C/C(N)=N/O)cc1. The van der Waals surface area contributed by atoms with E-state index < -0.39 is 10.2 Å². The Kier molecular flexibility index (Phi) is 6.22. The zero-order valence-corrected chi connectivity index (χ0v) is 11.9. The second-order valence-electron chi connectivity index (χ2n) is 3.96. The lowest BCUT2D eigenvalue weighted by Gasteiger charge is -2.09. The summed E-state index contributed by atoms with van der Waals surface area (Å²) in [5.74, 6) is 0.0829. The number of hydrogen-bond acceptors (Lipinski definition) is 5. The molecule has 0 aliphatic heterocycles. The lowest BCUT2D eigenvalue weighted by atomic mass is 10.1. The number of hydrogen-bond donors (Lipinski definition) is 4. The van der Waals surface area contributed by atoms with Crippen molar-refractivity contribution in [2.75, 3.05) is 25.0 Å². The van der Waals surface area contributed by atoms with Crippen LogP contribution in [0.4, 0.5) is 5.69 Å². The summed E-state index contributed by atoms with van der Waals surface area (Å²) < 4.78 is 32.7. The number of anilines is 1. The number of nitrogens with two attached hydrogens (primary N) is 1. The molecule has 0 aromatic heterocycles. The van der Waals surface area contributed by atoms with Crippen molar-refractivity contribution >= 4 is 21.7 Å².